The fraction of sp³-hybridized carbons (Fsp3) is 0.615. The van der Waals surface area contributed by atoms with Crippen LogP contribution in [0.25, 0.3) is 0 Å². The van der Waals surface area contributed by atoms with Gasteiger partial charge in [-0.1, -0.05) is 13.0 Å². The van der Waals surface area contributed by atoms with Gasteiger partial charge in [-0.15, -0.1) is 0 Å². The minimum atomic E-state index is 0.499. The Hall–Kier alpha value is -0.390. The summed E-state index contributed by atoms with van der Waals surface area (Å²) in [5.41, 5.74) is 7.11. The van der Waals surface area contributed by atoms with E-state index in [0.717, 1.165) is 13.0 Å². The molecule has 1 aromatic heterocycles. The number of hydrogen-bond acceptors (Lipinski definition) is 5. The van der Waals surface area contributed by atoms with Gasteiger partial charge in [-0.25, -0.2) is 4.98 Å². The van der Waals surface area contributed by atoms with Crippen molar-refractivity contribution in [3.63, 3.8) is 0 Å². The molecule has 0 saturated carbocycles. The molecule has 3 nitrogen and oxygen atoms in total. The van der Waals surface area contributed by atoms with E-state index in [9.17, 15) is 0 Å². The highest BCUT2D eigenvalue weighted by Gasteiger charge is 2.24. The number of aromatic nitrogens is 1. The van der Waals surface area contributed by atoms with Gasteiger partial charge in [-0.05, 0) is 24.6 Å². The van der Waals surface area contributed by atoms with Gasteiger partial charge >= 0.3 is 0 Å². The van der Waals surface area contributed by atoms with Crippen LogP contribution in [0.3, 0.4) is 0 Å². The van der Waals surface area contributed by atoms with E-state index < -0.39 is 0 Å². The molecule has 0 spiro atoms. The lowest BCUT2D eigenvalue weighted by atomic mass is 10.0. The van der Waals surface area contributed by atoms with E-state index in [1.165, 1.54) is 22.8 Å². The molecule has 0 amide bonds. The van der Waals surface area contributed by atoms with E-state index in [4.69, 9.17) is 5.73 Å². The molecule has 1 aliphatic heterocycles. The predicted octanol–water partition coefficient (Wildman–Crippen LogP) is 2.03. The van der Waals surface area contributed by atoms with E-state index in [0.29, 0.717) is 17.1 Å². The number of nitrogens with zero attached hydrogens (tertiary/aromatic N) is 1. The molecule has 0 bridgehead atoms. The average Bonchev–Trinajstić information content (AvgIpc) is 2.42. The number of nitrogens with two attached hydrogens (primary N) is 1. The van der Waals surface area contributed by atoms with Crippen LogP contribution >= 0.6 is 23.5 Å². The Morgan fingerprint density at radius 2 is 2.44 bits per heavy atom. The minimum absolute atomic E-state index is 0.499. The Bertz CT molecular complexity index is 367. The quantitative estimate of drug-likeness (QED) is 0.866. The minimum Gasteiger partial charge on any atom is -0.383 e. The van der Waals surface area contributed by atoms with Crippen molar-refractivity contribution in [3.05, 3.63) is 23.9 Å². The van der Waals surface area contributed by atoms with Crippen molar-refractivity contribution in [1.82, 2.24) is 10.3 Å². The number of likely N-dealkylation sites (N-methyl/N-ethyl adjacent to an activating group) is 1. The number of rotatable bonds is 5. The molecule has 0 aromatic carbocycles. The first kappa shape index (κ1) is 14.0. The number of hydrogen-bond donors (Lipinski definition) is 2. The Kier molecular flexibility index (Phi) is 5.66. The molecule has 0 aliphatic carbocycles. The summed E-state index contributed by atoms with van der Waals surface area (Å²) in [6.07, 6.45) is 2.73. The second-order valence-corrected chi connectivity index (χ2v) is 6.90. The smallest absolute Gasteiger partial charge is 0.126 e. The number of anilines is 1. The van der Waals surface area contributed by atoms with Crippen molar-refractivity contribution in [2.24, 2.45) is 0 Å². The normalized spacial score (nSPS) is 21.7. The highest BCUT2D eigenvalue weighted by molar-refractivity contribution is 8.06. The van der Waals surface area contributed by atoms with Gasteiger partial charge in [-0.2, -0.15) is 23.5 Å². The molecule has 0 radical (unpaired) electrons. The maximum atomic E-state index is 5.94. The summed E-state index contributed by atoms with van der Waals surface area (Å²) in [5.74, 6) is 4.46. The van der Waals surface area contributed by atoms with Gasteiger partial charge in [0.25, 0.3) is 0 Å². The standard InChI is InChI=1S/C13H21N3S2/c1-2-15-11(12-9-17-6-7-18-12)8-10-4-3-5-16-13(10)14/h3-5,11-12,15H,2,6-9H2,1H3,(H2,14,16). The van der Waals surface area contributed by atoms with Crippen molar-refractivity contribution < 1.29 is 0 Å². The zero-order chi connectivity index (χ0) is 12.8. The van der Waals surface area contributed by atoms with E-state index in [1.54, 1.807) is 6.20 Å². The monoisotopic (exact) mass is 283 g/mol. The largest absolute Gasteiger partial charge is 0.383 e. The first-order valence-electron chi connectivity index (χ1n) is 6.43. The molecular formula is C13H21N3S2. The van der Waals surface area contributed by atoms with Crippen LogP contribution in [0.5, 0.6) is 0 Å². The summed E-state index contributed by atoms with van der Waals surface area (Å²) in [6.45, 7) is 3.17. The van der Waals surface area contributed by atoms with Gasteiger partial charge in [0.05, 0.1) is 0 Å². The van der Waals surface area contributed by atoms with Crippen LogP contribution in [-0.2, 0) is 6.42 Å². The number of thioether (sulfide) groups is 2. The summed E-state index contributed by atoms with van der Waals surface area (Å²) in [7, 11) is 0. The van der Waals surface area contributed by atoms with Gasteiger partial charge in [0, 0.05) is 34.7 Å². The summed E-state index contributed by atoms with van der Waals surface area (Å²) in [6, 6.07) is 4.56. The maximum absolute atomic E-state index is 5.94. The zero-order valence-corrected chi connectivity index (χ0v) is 12.4. The van der Waals surface area contributed by atoms with E-state index >= 15 is 0 Å². The molecule has 1 saturated heterocycles. The maximum Gasteiger partial charge on any atom is 0.126 e. The molecule has 100 valence electrons. The number of nitrogens with one attached hydrogen (secondary N) is 1. The Labute approximate surface area is 118 Å². The number of nitrogen functional groups attached to an aromatic ring is 1. The van der Waals surface area contributed by atoms with Crippen molar-refractivity contribution in [3.8, 4) is 0 Å². The van der Waals surface area contributed by atoms with Gasteiger partial charge in [0.15, 0.2) is 0 Å². The second kappa shape index (κ2) is 7.26. The van der Waals surface area contributed by atoms with Crippen LogP contribution < -0.4 is 11.1 Å². The third-order valence-corrected chi connectivity index (χ3v) is 6.04. The Balaban J connectivity index is 2.03. The van der Waals surface area contributed by atoms with Gasteiger partial charge in [0.1, 0.15) is 5.82 Å². The number of pyridine rings is 1. The third kappa shape index (κ3) is 3.80. The highest BCUT2D eigenvalue weighted by Crippen LogP contribution is 2.28. The lowest BCUT2D eigenvalue weighted by molar-refractivity contribution is 0.522. The molecule has 1 fully saturated rings. The van der Waals surface area contributed by atoms with Crippen LogP contribution in [0.4, 0.5) is 5.82 Å². The summed E-state index contributed by atoms with van der Waals surface area (Å²) in [5, 5.41) is 4.29. The third-order valence-electron chi connectivity index (χ3n) is 3.12. The molecule has 5 heteroatoms. The molecular weight excluding hydrogens is 262 g/mol. The lowest BCUT2D eigenvalue weighted by Gasteiger charge is -2.30. The lowest BCUT2D eigenvalue weighted by Crippen LogP contribution is -2.42. The average molecular weight is 283 g/mol. The molecule has 1 aromatic rings. The molecule has 2 atom stereocenters. The van der Waals surface area contributed by atoms with Crippen molar-refractivity contribution in [2.75, 3.05) is 29.5 Å². The Morgan fingerprint density at radius 3 is 3.11 bits per heavy atom. The van der Waals surface area contributed by atoms with Gasteiger partial charge in [0.2, 0.25) is 0 Å². The zero-order valence-electron chi connectivity index (χ0n) is 10.8. The van der Waals surface area contributed by atoms with Crippen molar-refractivity contribution in [1.29, 1.82) is 0 Å². The van der Waals surface area contributed by atoms with E-state index in [-0.39, 0.29) is 0 Å². The first-order valence-corrected chi connectivity index (χ1v) is 8.63. The van der Waals surface area contributed by atoms with Crippen LogP contribution in [0, 0.1) is 0 Å². The SMILES string of the molecule is CCNC(Cc1cccnc1N)C1CSCCS1. The first-order chi connectivity index (χ1) is 8.81. The fourth-order valence-corrected chi connectivity index (χ4v) is 5.08. The summed E-state index contributed by atoms with van der Waals surface area (Å²) in [4.78, 5) is 4.18. The van der Waals surface area contributed by atoms with E-state index in [1.807, 2.05) is 6.07 Å². The van der Waals surface area contributed by atoms with Gasteiger partial charge in [-0.3, -0.25) is 0 Å². The summed E-state index contributed by atoms with van der Waals surface area (Å²) < 4.78 is 0. The van der Waals surface area contributed by atoms with Crippen LogP contribution in [-0.4, -0.2) is 40.1 Å². The predicted molar refractivity (Wildman–Crippen MR) is 83.4 cm³/mol. The van der Waals surface area contributed by atoms with Crippen molar-refractivity contribution in [2.45, 2.75) is 24.6 Å². The summed E-state index contributed by atoms with van der Waals surface area (Å²) >= 11 is 4.16. The molecule has 1 aliphatic rings. The molecule has 2 unspecified atom stereocenters. The molecule has 18 heavy (non-hydrogen) atoms. The molecule has 2 heterocycles. The van der Waals surface area contributed by atoms with Gasteiger partial charge < -0.3 is 11.1 Å². The van der Waals surface area contributed by atoms with Crippen LogP contribution in [0.15, 0.2) is 18.3 Å². The Morgan fingerprint density at radius 1 is 1.56 bits per heavy atom. The second-order valence-electron chi connectivity index (χ2n) is 4.40. The van der Waals surface area contributed by atoms with E-state index in [2.05, 4.69) is 46.8 Å². The van der Waals surface area contributed by atoms with Crippen LogP contribution in [0.2, 0.25) is 0 Å². The fourth-order valence-electron chi connectivity index (χ4n) is 2.20. The topological polar surface area (TPSA) is 50.9 Å². The van der Waals surface area contributed by atoms with Crippen LogP contribution in [0.1, 0.15) is 12.5 Å². The molecule has 2 rings (SSSR count). The van der Waals surface area contributed by atoms with Crippen molar-refractivity contribution >= 4 is 29.3 Å². The highest BCUT2D eigenvalue weighted by atomic mass is 32.2. The molecule has 3 N–H and O–H groups in total.